The SMILES string of the molecule is CCCCCCCCCc1cccc(C(=O)OCC)c1. The normalized spacial score (nSPS) is 10.5. The molecule has 0 aliphatic carbocycles. The third kappa shape index (κ3) is 6.74. The van der Waals surface area contributed by atoms with E-state index in [1.54, 1.807) is 0 Å². The largest absolute Gasteiger partial charge is 0.462 e. The molecule has 2 nitrogen and oxygen atoms in total. The van der Waals surface area contributed by atoms with Gasteiger partial charge in [-0.2, -0.15) is 0 Å². The summed E-state index contributed by atoms with van der Waals surface area (Å²) in [4.78, 5) is 11.7. The number of esters is 1. The van der Waals surface area contributed by atoms with Gasteiger partial charge in [0.15, 0.2) is 0 Å². The number of carbonyl (C=O) groups excluding carboxylic acids is 1. The predicted molar refractivity (Wildman–Crippen MR) is 84.1 cm³/mol. The Labute approximate surface area is 123 Å². The molecule has 0 aliphatic rings. The Morgan fingerprint density at radius 3 is 2.40 bits per heavy atom. The zero-order valence-electron chi connectivity index (χ0n) is 13.0. The number of carbonyl (C=O) groups is 1. The third-order valence-corrected chi connectivity index (χ3v) is 3.51. The van der Waals surface area contributed by atoms with Crippen LogP contribution in [-0.4, -0.2) is 12.6 Å². The molecule has 0 bridgehead atoms. The molecule has 0 amide bonds. The van der Waals surface area contributed by atoms with Gasteiger partial charge in [-0.3, -0.25) is 0 Å². The van der Waals surface area contributed by atoms with Crippen LogP contribution in [0.1, 0.15) is 74.7 Å². The number of rotatable bonds is 10. The first-order valence-corrected chi connectivity index (χ1v) is 8.04. The zero-order valence-corrected chi connectivity index (χ0v) is 13.0. The van der Waals surface area contributed by atoms with Gasteiger partial charge in [0.2, 0.25) is 0 Å². The van der Waals surface area contributed by atoms with Gasteiger partial charge < -0.3 is 4.74 Å². The van der Waals surface area contributed by atoms with Crippen LogP contribution in [0.25, 0.3) is 0 Å². The average molecular weight is 276 g/mol. The van der Waals surface area contributed by atoms with E-state index in [0.29, 0.717) is 12.2 Å². The molecule has 0 spiro atoms. The first kappa shape index (κ1) is 16.7. The van der Waals surface area contributed by atoms with Crippen LogP contribution in [0, 0.1) is 0 Å². The number of aryl methyl sites for hydroxylation is 1. The number of benzene rings is 1. The Bertz CT molecular complexity index is 385. The summed E-state index contributed by atoms with van der Waals surface area (Å²) in [6.45, 7) is 4.51. The highest BCUT2D eigenvalue weighted by atomic mass is 16.5. The smallest absolute Gasteiger partial charge is 0.338 e. The highest BCUT2D eigenvalue weighted by Crippen LogP contribution is 2.12. The Hall–Kier alpha value is -1.31. The van der Waals surface area contributed by atoms with Crippen molar-refractivity contribution in [1.29, 1.82) is 0 Å². The van der Waals surface area contributed by atoms with E-state index in [0.717, 1.165) is 6.42 Å². The van der Waals surface area contributed by atoms with Gasteiger partial charge in [0.1, 0.15) is 0 Å². The highest BCUT2D eigenvalue weighted by Gasteiger charge is 2.06. The van der Waals surface area contributed by atoms with Crippen molar-refractivity contribution in [3.8, 4) is 0 Å². The first-order valence-electron chi connectivity index (χ1n) is 8.04. The fraction of sp³-hybridized carbons (Fsp3) is 0.611. The summed E-state index contributed by atoms with van der Waals surface area (Å²) in [6, 6.07) is 7.84. The van der Waals surface area contributed by atoms with Crippen molar-refractivity contribution in [2.75, 3.05) is 6.61 Å². The van der Waals surface area contributed by atoms with E-state index in [2.05, 4.69) is 13.0 Å². The van der Waals surface area contributed by atoms with Crippen LogP contribution in [-0.2, 0) is 11.2 Å². The standard InChI is InChI=1S/C18H28O2/c1-3-5-6-7-8-9-10-12-16-13-11-14-17(15-16)18(19)20-4-2/h11,13-15H,3-10,12H2,1-2H3. The van der Waals surface area contributed by atoms with E-state index in [-0.39, 0.29) is 5.97 Å². The second kappa shape index (κ2) is 10.5. The van der Waals surface area contributed by atoms with Crippen molar-refractivity contribution in [1.82, 2.24) is 0 Å². The van der Waals surface area contributed by atoms with Crippen LogP contribution in [0.2, 0.25) is 0 Å². The van der Waals surface area contributed by atoms with E-state index in [9.17, 15) is 4.79 Å². The third-order valence-electron chi connectivity index (χ3n) is 3.51. The lowest BCUT2D eigenvalue weighted by molar-refractivity contribution is 0.0526. The van der Waals surface area contributed by atoms with Crippen LogP contribution in [0.5, 0.6) is 0 Å². The second-order valence-electron chi connectivity index (χ2n) is 5.29. The molecule has 20 heavy (non-hydrogen) atoms. The Morgan fingerprint density at radius 1 is 1.00 bits per heavy atom. The fourth-order valence-electron chi connectivity index (χ4n) is 2.35. The van der Waals surface area contributed by atoms with Crippen molar-refractivity contribution >= 4 is 5.97 Å². The van der Waals surface area contributed by atoms with Gasteiger partial charge in [0.05, 0.1) is 12.2 Å². The van der Waals surface area contributed by atoms with Crippen molar-refractivity contribution < 1.29 is 9.53 Å². The molecule has 1 rings (SSSR count). The molecule has 0 atom stereocenters. The topological polar surface area (TPSA) is 26.3 Å². The molecule has 2 heteroatoms. The summed E-state index contributed by atoms with van der Waals surface area (Å²) in [5.74, 6) is -0.214. The van der Waals surface area contributed by atoms with Gasteiger partial charge in [0, 0.05) is 0 Å². The number of ether oxygens (including phenoxy) is 1. The molecule has 0 saturated heterocycles. The monoisotopic (exact) mass is 276 g/mol. The minimum absolute atomic E-state index is 0.214. The van der Waals surface area contributed by atoms with Crippen LogP contribution in [0.4, 0.5) is 0 Å². The maximum Gasteiger partial charge on any atom is 0.338 e. The summed E-state index contributed by atoms with van der Waals surface area (Å²) in [5.41, 5.74) is 1.91. The Balaban J connectivity index is 2.26. The molecule has 112 valence electrons. The molecule has 0 radical (unpaired) electrons. The van der Waals surface area contributed by atoms with Gasteiger partial charge in [0.25, 0.3) is 0 Å². The van der Waals surface area contributed by atoms with Crippen molar-refractivity contribution in [2.45, 2.75) is 65.2 Å². The van der Waals surface area contributed by atoms with E-state index in [4.69, 9.17) is 4.74 Å². The predicted octanol–water partition coefficient (Wildman–Crippen LogP) is 5.16. The summed E-state index contributed by atoms with van der Waals surface area (Å²) >= 11 is 0. The summed E-state index contributed by atoms with van der Waals surface area (Å²) < 4.78 is 5.02. The van der Waals surface area contributed by atoms with Gasteiger partial charge in [-0.25, -0.2) is 4.79 Å². The molecule has 0 aromatic heterocycles. The Kier molecular flexibility index (Phi) is 8.77. The molecule has 0 saturated carbocycles. The molecule has 0 fully saturated rings. The van der Waals surface area contributed by atoms with E-state index in [1.165, 1.54) is 50.5 Å². The number of hydrogen-bond acceptors (Lipinski definition) is 2. The molecular weight excluding hydrogens is 248 g/mol. The second-order valence-corrected chi connectivity index (χ2v) is 5.29. The highest BCUT2D eigenvalue weighted by molar-refractivity contribution is 5.89. The van der Waals surface area contributed by atoms with Crippen LogP contribution in [0.15, 0.2) is 24.3 Å². The zero-order chi connectivity index (χ0) is 14.6. The molecule has 1 aromatic carbocycles. The lowest BCUT2D eigenvalue weighted by Gasteiger charge is -2.05. The summed E-state index contributed by atoms with van der Waals surface area (Å²) in [6.07, 6.45) is 10.3. The lowest BCUT2D eigenvalue weighted by atomic mass is 10.0. The van der Waals surface area contributed by atoms with Crippen LogP contribution in [0.3, 0.4) is 0 Å². The average Bonchev–Trinajstić information content (AvgIpc) is 2.47. The van der Waals surface area contributed by atoms with Gasteiger partial charge in [-0.15, -0.1) is 0 Å². The van der Waals surface area contributed by atoms with E-state index < -0.39 is 0 Å². The van der Waals surface area contributed by atoms with Crippen molar-refractivity contribution in [2.24, 2.45) is 0 Å². The molecule has 0 unspecified atom stereocenters. The van der Waals surface area contributed by atoms with Crippen LogP contribution >= 0.6 is 0 Å². The van der Waals surface area contributed by atoms with Gasteiger partial charge in [-0.1, -0.05) is 57.6 Å². The maximum absolute atomic E-state index is 11.7. The molecule has 0 heterocycles. The minimum atomic E-state index is -0.214. The van der Waals surface area contributed by atoms with E-state index >= 15 is 0 Å². The van der Waals surface area contributed by atoms with Gasteiger partial charge in [-0.05, 0) is 37.5 Å². The molecule has 0 N–H and O–H groups in total. The van der Waals surface area contributed by atoms with E-state index in [1.807, 2.05) is 25.1 Å². The lowest BCUT2D eigenvalue weighted by Crippen LogP contribution is -2.04. The van der Waals surface area contributed by atoms with Crippen molar-refractivity contribution in [3.05, 3.63) is 35.4 Å². The Morgan fingerprint density at radius 2 is 1.70 bits per heavy atom. The first-order chi connectivity index (χ1) is 9.77. The van der Waals surface area contributed by atoms with Gasteiger partial charge >= 0.3 is 5.97 Å². The quantitative estimate of drug-likeness (QED) is 0.436. The molecule has 0 aliphatic heterocycles. The number of hydrogen-bond donors (Lipinski definition) is 0. The summed E-state index contributed by atoms with van der Waals surface area (Å²) in [7, 11) is 0. The number of unbranched alkanes of at least 4 members (excludes halogenated alkanes) is 6. The minimum Gasteiger partial charge on any atom is -0.462 e. The van der Waals surface area contributed by atoms with Crippen LogP contribution < -0.4 is 0 Å². The van der Waals surface area contributed by atoms with Crippen molar-refractivity contribution in [3.63, 3.8) is 0 Å². The molecule has 1 aromatic rings. The molecular formula is C18H28O2. The summed E-state index contributed by atoms with van der Waals surface area (Å²) in [5, 5.41) is 0. The maximum atomic E-state index is 11.7. The fourth-order valence-corrected chi connectivity index (χ4v) is 2.35.